The van der Waals surface area contributed by atoms with Gasteiger partial charge in [0, 0.05) is 0 Å². The summed E-state index contributed by atoms with van der Waals surface area (Å²) < 4.78 is 13.7. The van der Waals surface area contributed by atoms with Crippen molar-refractivity contribution in [3.8, 4) is 9.75 Å². The van der Waals surface area contributed by atoms with Gasteiger partial charge in [0.2, 0.25) is 0 Å². The van der Waals surface area contributed by atoms with Crippen LogP contribution in [0, 0.1) is 11.8 Å². The predicted molar refractivity (Wildman–Crippen MR) is 253 cm³/mol. The van der Waals surface area contributed by atoms with E-state index >= 15 is 0 Å². The molecule has 0 saturated carbocycles. The van der Waals surface area contributed by atoms with Crippen LogP contribution >= 0.6 is 22.7 Å². The Balaban J connectivity index is 2.44. The van der Waals surface area contributed by atoms with E-state index in [0.29, 0.717) is 0 Å². The Bertz CT molecular complexity index is 1120. The third-order valence-corrected chi connectivity index (χ3v) is 53.0. The fourth-order valence-electron chi connectivity index (χ4n) is 10.5. The topological polar surface area (TPSA) is 0 Å². The number of hydrogen-bond acceptors (Lipinski definition) is 2. The number of fused-ring (bicyclic) bond motifs is 3. The predicted octanol–water partition coefficient (Wildman–Crippen LogP) is 17.4. The van der Waals surface area contributed by atoms with Gasteiger partial charge in [-0.05, 0) is 0 Å². The third kappa shape index (κ3) is 12.5. The standard InChI is InChI=1S/C25H36S2.6C4H9.2Sn/c1-5-9-11-19(7-3)17-25(18-20(8-4)12-10-6-2)21-13-15-26-23(21)24-22(25)14-16-27-24;6*1-3-4-2;;/h13-14,19-20H,5-12,17-18H2,1-4H3;6*1,3-4H2,2H3;;. The zero-order valence-electron chi connectivity index (χ0n) is 37.4. The Hall–Kier alpha value is 0.997. The van der Waals surface area contributed by atoms with Gasteiger partial charge in [0.05, 0.1) is 0 Å². The summed E-state index contributed by atoms with van der Waals surface area (Å²) in [6, 6.07) is 6.06. The van der Waals surface area contributed by atoms with Crippen molar-refractivity contribution in [1.29, 1.82) is 0 Å². The van der Waals surface area contributed by atoms with Gasteiger partial charge < -0.3 is 0 Å². The van der Waals surface area contributed by atoms with E-state index in [4.69, 9.17) is 0 Å². The van der Waals surface area contributed by atoms with Gasteiger partial charge in [-0.2, -0.15) is 0 Å². The average Bonchev–Trinajstić information content (AvgIpc) is 3.88. The molecule has 3 rings (SSSR count). The Labute approximate surface area is 349 Å². The molecule has 0 radical (unpaired) electrons. The summed E-state index contributed by atoms with van der Waals surface area (Å²) in [6.45, 7) is 24.7. The van der Waals surface area contributed by atoms with Crippen molar-refractivity contribution < 1.29 is 0 Å². The molecule has 2 atom stereocenters. The van der Waals surface area contributed by atoms with Gasteiger partial charge in [-0.3, -0.25) is 0 Å². The first kappa shape index (κ1) is 48.4. The van der Waals surface area contributed by atoms with Crippen molar-refractivity contribution >= 4 is 65.2 Å². The Morgan fingerprint density at radius 3 is 0.962 bits per heavy atom. The Morgan fingerprint density at radius 2 is 0.717 bits per heavy atom. The van der Waals surface area contributed by atoms with E-state index < -0.39 is 36.8 Å². The van der Waals surface area contributed by atoms with Gasteiger partial charge in [0.25, 0.3) is 0 Å². The number of unbranched alkanes of at least 4 members (excludes halogenated alkanes) is 8. The van der Waals surface area contributed by atoms with E-state index in [1.807, 2.05) is 26.7 Å². The van der Waals surface area contributed by atoms with Gasteiger partial charge >= 0.3 is 353 Å². The second kappa shape index (κ2) is 25.5. The summed E-state index contributed by atoms with van der Waals surface area (Å²) >= 11 is -0.335. The first-order chi connectivity index (χ1) is 25.8. The van der Waals surface area contributed by atoms with E-state index in [9.17, 15) is 0 Å². The van der Waals surface area contributed by atoms with Crippen molar-refractivity contribution in [2.24, 2.45) is 11.8 Å². The van der Waals surface area contributed by atoms with Crippen molar-refractivity contribution in [3.05, 3.63) is 23.3 Å². The van der Waals surface area contributed by atoms with Crippen LogP contribution in [0.5, 0.6) is 0 Å². The number of thiophene rings is 2. The molecule has 0 aromatic carbocycles. The summed E-state index contributed by atoms with van der Waals surface area (Å²) in [5, 5.41) is 0. The van der Waals surface area contributed by atoms with Crippen LogP contribution in [-0.2, 0) is 5.41 Å². The minimum atomic E-state index is -2.60. The zero-order valence-corrected chi connectivity index (χ0v) is 44.8. The third-order valence-electron chi connectivity index (χ3n) is 14.2. The second-order valence-electron chi connectivity index (χ2n) is 18.2. The molecule has 2 unspecified atom stereocenters. The molecule has 0 aliphatic heterocycles. The van der Waals surface area contributed by atoms with Crippen molar-refractivity contribution in [2.45, 2.75) is 243 Å². The molecule has 306 valence electrons. The monoisotopic (exact) mass is 982 g/mol. The van der Waals surface area contributed by atoms with Gasteiger partial charge in [0.1, 0.15) is 0 Å². The van der Waals surface area contributed by atoms with Crippen LogP contribution in [0.1, 0.15) is 222 Å². The molecule has 2 heterocycles. The van der Waals surface area contributed by atoms with Crippen molar-refractivity contribution in [3.63, 3.8) is 0 Å². The van der Waals surface area contributed by atoms with Crippen LogP contribution in [0.25, 0.3) is 9.75 Å². The Kier molecular flexibility index (Phi) is 23.2. The Morgan fingerprint density at radius 1 is 0.434 bits per heavy atom. The van der Waals surface area contributed by atoms with Crippen LogP contribution in [-0.4, -0.2) is 36.8 Å². The maximum absolute atomic E-state index is 3.03. The molecule has 1 aliphatic rings. The fourth-order valence-corrected chi connectivity index (χ4v) is 51.4. The van der Waals surface area contributed by atoms with E-state index in [0.717, 1.165) is 11.8 Å². The molecule has 0 spiro atoms. The summed E-state index contributed by atoms with van der Waals surface area (Å²) in [5.41, 5.74) is 4.02. The maximum atomic E-state index is 3.03. The van der Waals surface area contributed by atoms with Crippen LogP contribution in [0.2, 0.25) is 26.6 Å². The molecule has 2 aromatic heterocycles. The van der Waals surface area contributed by atoms with Crippen LogP contribution < -0.4 is 5.79 Å². The van der Waals surface area contributed by atoms with Gasteiger partial charge in [-0.25, -0.2) is 0 Å². The number of rotatable bonds is 32. The minimum absolute atomic E-state index is 0.243. The summed E-state index contributed by atoms with van der Waals surface area (Å²) in [7, 11) is 0. The van der Waals surface area contributed by atoms with E-state index in [-0.39, 0.29) is 5.41 Å². The quantitative estimate of drug-likeness (QED) is 0.0641. The average molecular weight is 981 g/mol. The molecule has 53 heavy (non-hydrogen) atoms. The SMILES string of the molecule is CCCCC(CC)CC1(CC(CC)CCCC)c2c[c]([Sn]([CH2]CCC)([CH2]CCC)[CH2]CCC)sc2-c2s[c]([Sn]([CH2]CCC)([CH2]CCC)[CH2]CCC)cc21. The number of hydrogen-bond donors (Lipinski definition) is 0. The molecular weight excluding hydrogens is 890 g/mol. The first-order valence-electron chi connectivity index (χ1n) is 24.1. The normalized spacial score (nSPS) is 15.2. The first-order valence-corrected chi connectivity index (χ1v) is 40.7. The molecule has 0 bridgehead atoms. The molecule has 1 aliphatic carbocycles. The van der Waals surface area contributed by atoms with Crippen LogP contribution in [0.15, 0.2) is 12.1 Å². The molecule has 0 nitrogen and oxygen atoms in total. The van der Waals surface area contributed by atoms with E-state index in [1.54, 1.807) is 26.6 Å². The molecule has 0 saturated heterocycles. The molecule has 4 heteroatoms. The van der Waals surface area contributed by atoms with Gasteiger partial charge in [-0.1, -0.05) is 0 Å². The van der Waals surface area contributed by atoms with E-state index in [1.165, 1.54) is 141 Å². The summed E-state index contributed by atoms with van der Waals surface area (Å²) in [6.07, 6.45) is 30.9. The molecule has 2 aromatic rings. The fraction of sp³-hybridized carbons (Fsp3) is 0.837. The van der Waals surface area contributed by atoms with E-state index in [2.05, 4.69) is 104 Å². The summed E-state index contributed by atoms with van der Waals surface area (Å²) in [5.74, 6) is 1.68. The van der Waals surface area contributed by atoms with Crippen molar-refractivity contribution in [1.82, 2.24) is 0 Å². The van der Waals surface area contributed by atoms with Crippen LogP contribution in [0.3, 0.4) is 0 Å². The molecule has 0 fully saturated rings. The van der Waals surface area contributed by atoms with Crippen LogP contribution in [0.4, 0.5) is 0 Å². The molecular formula is C49H90S2Sn2. The summed E-state index contributed by atoms with van der Waals surface area (Å²) in [4.78, 5) is 3.66. The second-order valence-corrected chi connectivity index (χ2v) is 48.6. The zero-order chi connectivity index (χ0) is 38.7. The molecule has 0 amide bonds. The van der Waals surface area contributed by atoms with Gasteiger partial charge in [0.15, 0.2) is 0 Å². The molecule has 0 N–H and O–H groups in total. The van der Waals surface area contributed by atoms with Crippen molar-refractivity contribution in [2.75, 3.05) is 0 Å². The van der Waals surface area contributed by atoms with Gasteiger partial charge in [-0.15, -0.1) is 0 Å².